The van der Waals surface area contributed by atoms with Gasteiger partial charge in [-0.1, -0.05) is 13.8 Å². The Morgan fingerprint density at radius 1 is 1.50 bits per heavy atom. The van der Waals surface area contributed by atoms with Crippen LogP contribution in [0.3, 0.4) is 0 Å². The Bertz CT molecular complexity index is 421. The van der Waals surface area contributed by atoms with E-state index in [2.05, 4.69) is 21.2 Å². The van der Waals surface area contributed by atoms with Crippen molar-refractivity contribution in [3.63, 3.8) is 0 Å². The number of carbonyl (C=O) groups excluding carboxylic acids is 1. The first-order valence-corrected chi connectivity index (χ1v) is 6.70. The molecule has 0 radical (unpaired) electrons. The molecule has 0 aliphatic rings. The molecule has 1 aromatic carbocycles. The second-order valence-electron chi connectivity index (χ2n) is 4.72. The van der Waals surface area contributed by atoms with Crippen molar-refractivity contribution in [1.82, 2.24) is 5.32 Å². The molecule has 4 N–H and O–H groups in total. The summed E-state index contributed by atoms with van der Waals surface area (Å²) in [4.78, 5) is 12.0. The van der Waals surface area contributed by atoms with E-state index in [1.807, 2.05) is 13.8 Å². The van der Waals surface area contributed by atoms with Gasteiger partial charge in [-0.15, -0.1) is 0 Å². The molecular weight excluding hydrogens is 296 g/mol. The number of aliphatic hydroxyl groups excluding tert-OH is 1. The Morgan fingerprint density at radius 2 is 2.17 bits per heavy atom. The second-order valence-corrected chi connectivity index (χ2v) is 5.57. The summed E-state index contributed by atoms with van der Waals surface area (Å²) in [5.41, 5.74) is 6.74. The minimum Gasteiger partial charge on any atom is -0.398 e. The zero-order valence-electron chi connectivity index (χ0n) is 10.6. The quantitative estimate of drug-likeness (QED) is 0.729. The first kappa shape index (κ1) is 15.0. The molecule has 0 saturated carbocycles. The lowest BCUT2D eigenvalue weighted by Gasteiger charge is -2.18. The van der Waals surface area contributed by atoms with E-state index in [4.69, 9.17) is 5.73 Å². The maximum absolute atomic E-state index is 12.0. The third-order valence-electron chi connectivity index (χ3n) is 2.57. The van der Waals surface area contributed by atoms with Crippen LogP contribution >= 0.6 is 15.9 Å². The summed E-state index contributed by atoms with van der Waals surface area (Å²) < 4.78 is 0.764. The lowest BCUT2D eigenvalue weighted by Crippen LogP contribution is -2.38. The minimum atomic E-state index is -0.220. The number of benzene rings is 1. The molecule has 0 aliphatic carbocycles. The van der Waals surface area contributed by atoms with E-state index in [0.29, 0.717) is 17.2 Å². The summed E-state index contributed by atoms with van der Waals surface area (Å²) in [6.07, 6.45) is 0.744. The highest BCUT2D eigenvalue weighted by Crippen LogP contribution is 2.20. The summed E-state index contributed by atoms with van der Waals surface area (Å²) in [5.74, 6) is 0.200. The van der Waals surface area contributed by atoms with Crippen molar-refractivity contribution in [1.29, 1.82) is 0 Å². The van der Waals surface area contributed by atoms with Gasteiger partial charge in [-0.3, -0.25) is 4.79 Å². The van der Waals surface area contributed by atoms with Gasteiger partial charge >= 0.3 is 0 Å². The third kappa shape index (κ3) is 4.31. The Hall–Kier alpha value is -1.07. The molecule has 1 atom stereocenters. The fourth-order valence-corrected chi connectivity index (χ4v) is 1.95. The molecule has 0 saturated heterocycles. The number of carbonyl (C=O) groups is 1. The molecule has 0 aliphatic heterocycles. The van der Waals surface area contributed by atoms with Gasteiger partial charge in [0, 0.05) is 15.7 Å². The predicted octanol–water partition coefficient (Wildman–Crippen LogP) is 2.17. The summed E-state index contributed by atoms with van der Waals surface area (Å²) in [7, 11) is 0. The van der Waals surface area contributed by atoms with Gasteiger partial charge in [-0.25, -0.2) is 0 Å². The lowest BCUT2D eigenvalue weighted by molar-refractivity contribution is 0.0908. The van der Waals surface area contributed by atoms with Crippen LogP contribution in [0.5, 0.6) is 0 Å². The molecule has 4 nitrogen and oxygen atoms in total. The Kier molecular flexibility index (Phi) is 5.62. The van der Waals surface area contributed by atoms with E-state index >= 15 is 0 Å². The number of hydrogen-bond acceptors (Lipinski definition) is 3. The maximum Gasteiger partial charge on any atom is 0.251 e. The van der Waals surface area contributed by atoms with Crippen molar-refractivity contribution in [3.8, 4) is 0 Å². The average molecular weight is 315 g/mol. The fourth-order valence-electron chi connectivity index (χ4n) is 1.70. The number of hydrogen-bond donors (Lipinski definition) is 3. The van der Waals surface area contributed by atoms with Crippen LogP contribution in [0, 0.1) is 5.92 Å². The largest absolute Gasteiger partial charge is 0.398 e. The fraction of sp³-hybridized carbons (Fsp3) is 0.462. The number of nitrogens with two attached hydrogens (primary N) is 1. The van der Waals surface area contributed by atoms with Gasteiger partial charge in [0.25, 0.3) is 5.91 Å². The highest BCUT2D eigenvalue weighted by molar-refractivity contribution is 9.10. The van der Waals surface area contributed by atoms with Gasteiger partial charge in [0.05, 0.1) is 12.6 Å². The van der Waals surface area contributed by atoms with Crippen LogP contribution in [0.15, 0.2) is 22.7 Å². The Labute approximate surface area is 116 Å². The van der Waals surface area contributed by atoms with Crippen LogP contribution < -0.4 is 11.1 Å². The molecule has 1 rings (SSSR count). The summed E-state index contributed by atoms with van der Waals surface area (Å²) >= 11 is 3.28. The average Bonchev–Trinajstić information content (AvgIpc) is 2.31. The summed E-state index contributed by atoms with van der Waals surface area (Å²) in [6, 6.07) is 4.83. The molecule has 0 spiro atoms. The molecule has 1 amide bonds. The van der Waals surface area contributed by atoms with Crippen LogP contribution in [0.4, 0.5) is 5.69 Å². The standard InChI is InChI=1S/C13H19BrN2O2/c1-8(2)5-10(7-17)16-13(18)9-3-4-11(14)12(15)6-9/h3-4,6,8,10,17H,5,7,15H2,1-2H3,(H,16,18). The molecule has 1 aromatic rings. The van der Waals surface area contributed by atoms with Crippen molar-refractivity contribution in [2.75, 3.05) is 12.3 Å². The minimum absolute atomic E-state index is 0.0596. The first-order valence-electron chi connectivity index (χ1n) is 5.90. The summed E-state index contributed by atoms with van der Waals surface area (Å²) in [5, 5.41) is 12.0. The molecule has 0 aromatic heterocycles. The predicted molar refractivity (Wildman–Crippen MR) is 76.3 cm³/mol. The zero-order chi connectivity index (χ0) is 13.7. The van der Waals surface area contributed by atoms with Crippen molar-refractivity contribution in [2.45, 2.75) is 26.3 Å². The highest BCUT2D eigenvalue weighted by atomic mass is 79.9. The Balaban J connectivity index is 2.71. The van der Waals surface area contributed by atoms with E-state index in [1.165, 1.54) is 0 Å². The van der Waals surface area contributed by atoms with Crippen molar-refractivity contribution in [3.05, 3.63) is 28.2 Å². The Morgan fingerprint density at radius 3 is 2.67 bits per heavy atom. The van der Waals surface area contributed by atoms with Crippen molar-refractivity contribution in [2.24, 2.45) is 5.92 Å². The second kappa shape index (κ2) is 6.75. The number of nitrogens with one attached hydrogen (secondary N) is 1. The number of halogens is 1. The molecule has 5 heteroatoms. The number of nitrogen functional groups attached to an aromatic ring is 1. The van der Waals surface area contributed by atoms with Gasteiger partial charge in [0.1, 0.15) is 0 Å². The van der Waals surface area contributed by atoms with Gasteiger partial charge < -0.3 is 16.2 Å². The van der Waals surface area contributed by atoms with Crippen LogP contribution in [0.25, 0.3) is 0 Å². The topological polar surface area (TPSA) is 75.3 Å². The molecule has 100 valence electrons. The monoisotopic (exact) mass is 314 g/mol. The van der Waals surface area contributed by atoms with Crippen LogP contribution in [-0.4, -0.2) is 23.7 Å². The first-order chi connectivity index (χ1) is 8.43. The smallest absolute Gasteiger partial charge is 0.251 e. The maximum atomic E-state index is 12.0. The van der Waals surface area contributed by atoms with E-state index in [1.54, 1.807) is 18.2 Å². The number of anilines is 1. The van der Waals surface area contributed by atoms with E-state index < -0.39 is 0 Å². The van der Waals surface area contributed by atoms with Gasteiger partial charge in [-0.2, -0.15) is 0 Å². The number of amides is 1. The molecule has 18 heavy (non-hydrogen) atoms. The van der Waals surface area contributed by atoms with Crippen LogP contribution in [0.2, 0.25) is 0 Å². The zero-order valence-corrected chi connectivity index (χ0v) is 12.2. The van der Waals surface area contributed by atoms with Crippen molar-refractivity contribution < 1.29 is 9.90 Å². The molecule has 0 heterocycles. The van der Waals surface area contributed by atoms with Crippen LogP contribution in [0.1, 0.15) is 30.6 Å². The number of aliphatic hydroxyl groups is 1. The SMILES string of the molecule is CC(C)CC(CO)NC(=O)c1ccc(Br)c(N)c1. The molecule has 0 fully saturated rings. The normalized spacial score (nSPS) is 12.5. The third-order valence-corrected chi connectivity index (χ3v) is 3.29. The van der Waals surface area contributed by atoms with Gasteiger partial charge in [0.15, 0.2) is 0 Å². The molecule has 0 bridgehead atoms. The van der Waals surface area contributed by atoms with E-state index in [9.17, 15) is 9.90 Å². The van der Waals surface area contributed by atoms with Gasteiger partial charge in [-0.05, 0) is 46.5 Å². The molecular formula is C13H19BrN2O2. The van der Waals surface area contributed by atoms with E-state index in [0.717, 1.165) is 10.9 Å². The summed E-state index contributed by atoms with van der Waals surface area (Å²) in [6.45, 7) is 4.04. The van der Waals surface area contributed by atoms with Crippen LogP contribution in [-0.2, 0) is 0 Å². The van der Waals surface area contributed by atoms with Gasteiger partial charge in [0.2, 0.25) is 0 Å². The highest BCUT2D eigenvalue weighted by Gasteiger charge is 2.14. The molecule has 1 unspecified atom stereocenters. The van der Waals surface area contributed by atoms with Crippen molar-refractivity contribution >= 4 is 27.5 Å². The number of rotatable bonds is 5. The van der Waals surface area contributed by atoms with E-state index in [-0.39, 0.29) is 18.6 Å². The lowest BCUT2D eigenvalue weighted by atomic mass is 10.0.